The Kier molecular flexibility index (Phi) is 5.19. The van der Waals surface area contributed by atoms with E-state index in [1.54, 1.807) is 0 Å². The van der Waals surface area contributed by atoms with E-state index in [0.717, 1.165) is 11.4 Å². The van der Waals surface area contributed by atoms with Crippen LogP contribution in [0.4, 0.5) is 0 Å². The number of pyridine rings is 2. The molecule has 4 aromatic rings. The number of rotatable bonds is 4. The van der Waals surface area contributed by atoms with Crippen molar-refractivity contribution >= 4 is 20.2 Å². The first-order valence-corrected chi connectivity index (χ1v) is 15.6. The third-order valence-corrected chi connectivity index (χ3v) is 12.4. The van der Waals surface area contributed by atoms with Crippen molar-refractivity contribution in [3.05, 3.63) is 119 Å². The van der Waals surface area contributed by atoms with Gasteiger partial charge in [0.05, 0.1) is 19.5 Å². The van der Waals surface area contributed by atoms with Crippen molar-refractivity contribution in [3.8, 4) is 22.5 Å². The van der Waals surface area contributed by atoms with E-state index in [1.165, 1.54) is 44.5 Å². The Morgan fingerprint density at radius 2 is 1.03 bits per heavy atom. The minimum absolute atomic E-state index is 0.471. The van der Waals surface area contributed by atoms with E-state index < -0.39 is 8.07 Å². The maximum absolute atomic E-state index is 4.66. The van der Waals surface area contributed by atoms with Crippen molar-refractivity contribution in [2.24, 2.45) is 0 Å². The lowest BCUT2D eigenvalue weighted by molar-refractivity contribution is 0.968. The Labute approximate surface area is 209 Å². The highest BCUT2D eigenvalue weighted by molar-refractivity contribution is 6.81. The summed E-state index contributed by atoms with van der Waals surface area (Å²) in [5.41, 5.74) is 14.2. The molecular formula is C32H30N2Si. The molecular weight excluding hydrogens is 440 g/mol. The van der Waals surface area contributed by atoms with Gasteiger partial charge in [-0.2, -0.15) is 0 Å². The van der Waals surface area contributed by atoms with Gasteiger partial charge in [0.15, 0.2) is 0 Å². The fraction of sp³-hybridized carbons (Fsp3) is 0.188. The van der Waals surface area contributed by atoms with Gasteiger partial charge in [-0.25, -0.2) is 0 Å². The maximum atomic E-state index is 4.66. The Morgan fingerprint density at radius 3 is 1.43 bits per heavy atom. The van der Waals surface area contributed by atoms with Gasteiger partial charge < -0.3 is 0 Å². The monoisotopic (exact) mass is 470 g/mol. The molecule has 0 saturated carbocycles. The molecule has 0 bridgehead atoms. The fourth-order valence-electron chi connectivity index (χ4n) is 6.74. The van der Waals surface area contributed by atoms with Gasteiger partial charge >= 0.3 is 0 Å². The lowest BCUT2D eigenvalue weighted by atomic mass is 10.00. The van der Waals surface area contributed by atoms with Crippen LogP contribution in [0.2, 0.25) is 13.1 Å². The maximum Gasteiger partial charge on any atom is 0.0722 e. The third-order valence-electron chi connectivity index (χ3n) is 7.93. The highest BCUT2D eigenvalue weighted by Crippen LogP contribution is 2.54. The Bertz CT molecular complexity index is 1370. The van der Waals surface area contributed by atoms with Crippen molar-refractivity contribution in [1.29, 1.82) is 0 Å². The second-order valence-corrected chi connectivity index (χ2v) is 15.3. The lowest BCUT2D eigenvalue weighted by Gasteiger charge is -2.39. The highest BCUT2D eigenvalue weighted by Gasteiger charge is 2.47. The van der Waals surface area contributed by atoms with Crippen molar-refractivity contribution in [2.45, 2.75) is 38.0 Å². The number of aromatic nitrogens is 2. The third kappa shape index (κ3) is 3.45. The van der Waals surface area contributed by atoms with E-state index in [9.17, 15) is 0 Å². The number of hydrogen-bond donors (Lipinski definition) is 0. The van der Waals surface area contributed by atoms with Crippen LogP contribution in [0.15, 0.2) is 96.3 Å². The van der Waals surface area contributed by atoms with Crippen molar-refractivity contribution in [3.63, 3.8) is 0 Å². The summed E-state index contributed by atoms with van der Waals surface area (Å²) in [6.07, 6.45) is 8.63. The zero-order chi connectivity index (χ0) is 24.2. The summed E-state index contributed by atoms with van der Waals surface area (Å²) in [5, 5.41) is 0. The van der Waals surface area contributed by atoms with Crippen LogP contribution >= 0.6 is 0 Å². The zero-order valence-corrected chi connectivity index (χ0v) is 21.8. The largest absolute Gasteiger partial charge is 0.256 e. The minimum Gasteiger partial charge on any atom is -0.256 e. The number of fused-ring (bicyclic) bond motifs is 2. The number of allylic oxidation sites excluding steroid dienone is 2. The van der Waals surface area contributed by atoms with Crippen LogP contribution < -0.4 is 0 Å². The van der Waals surface area contributed by atoms with Crippen LogP contribution in [0.3, 0.4) is 0 Å². The normalized spacial score (nSPS) is 18.6. The van der Waals surface area contributed by atoms with Gasteiger partial charge in [-0.15, -0.1) is 0 Å². The molecule has 0 fully saturated rings. The molecule has 2 atom stereocenters. The molecule has 0 amide bonds. The zero-order valence-electron chi connectivity index (χ0n) is 20.8. The van der Waals surface area contributed by atoms with Gasteiger partial charge in [0, 0.05) is 34.6 Å². The molecule has 172 valence electrons. The topological polar surface area (TPSA) is 25.8 Å². The summed E-state index contributed by atoms with van der Waals surface area (Å²) in [6.45, 7) is 9.84. The summed E-state index contributed by atoms with van der Waals surface area (Å²) in [4.78, 5) is 9.33. The van der Waals surface area contributed by atoms with Gasteiger partial charge in [-0.3, -0.25) is 9.97 Å². The van der Waals surface area contributed by atoms with Gasteiger partial charge in [-0.1, -0.05) is 84.9 Å². The summed E-state index contributed by atoms with van der Waals surface area (Å²) >= 11 is 0. The summed E-state index contributed by atoms with van der Waals surface area (Å²) < 4.78 is 0. The minimum atomic E-state index is -1.89. The van der Waals surface area contributed by atoms with Gasteiger partial charge in [0.2, 0.25) is 0 Å². The number of benzene rings is 2. The number of hydrogen-bond acceptors (Lipinski definition) is 2. The molecule has 3 heteroatoms. The van der Waals surface area contributed by atoms with E-state index in [2.05, 4.69) is 110 Å². The fourth-order valence-corrected chi connectivity index (χ4v) is 11.7. The molecule has 2 aliphatic rings. The average molecular weight is 471 g/mol. The molecule has 35 heavy (non-hydrogen) atoms. The lowest BCUT2D eigenvalue weighted by Crippen LogP contribution is -2.42. The molecule has 2 aromatic carbocycles. The smallest absolute Gasteiger partial charge is 0.0722 e. The summed E-state index contributed by atoms with van der Waals surface area (Å²) in [6, 6.07) is 25.9. The first-order valence-electron chi connectivity index (χ1n) is 12.4. The molecule has 0 N–H and O–H groups in total. The van der Waals surface area contributed by atoms with Crippen molar-refractivity contribution < 1.29 is 0 Å². The quantitative estimate of drug-likeness (QED) is 0.280. The summed E-state index contributed by atoms with van der Waals surface area (Å²) in [7, 11) is -1.89. The van der Waals surface area contributed by atoms with Crippen molar-refractivity contribution in [2.75, 3.05) is 0 Å². The molecule has 2 aliphatic carbocycles. The standard InChI is InChI=1S/C32H30N2Si/c1-21-19-27-23(29-15-5-7-17-33-29)11-9-13-25(27)31(21)35(3,4)32-22(2)20-28-24(12-10-14-26(28)32)30-16-6-8-18-34-30/h5-20,31-32H,1-4H3. The molecule has 0 aliphatic heterocycles. The Balaban J connectivity index is 1.46. The van der Waals surface area contributed by atoms with Gasteiger partial charge in [-0.05, 0) is 60.4 Å². The van der Waals surface area contributed by atoms with Crippen LogP contribution in [0, 0.1) is 0 Å². The molecule has 2 aromatic heterocycles. The predicted octanol–water partition coefficient (Wildman–Crippen LogP) is 8.30. The van der Waals surface area contributed by atoms with E-state index in [4.69, 9.17) is 0 Å². The van der Waals surface area contributed by atoms with E-state index in [-0.39, 0.29) is 0 Å². The Morgan fingerprint density at radius 1 is 0.571 bits per heavy atom. The average Bonchev–Trinajstić information content (AvgIpc) is 3.41. The Hall–Kier alpha value is -3.56. The SMILES string of the molecule is CC1=Cc2c(-c3ccccn3)cccc2C1[Si](C)(C)C1C(C)=Cc2c(-c3ccccn3)cccc21. The van der Waals surface area contributed by atoms with Gasteiger partial charge in [0.1, 0.15) is 0 Å². The van der Waals surface area contributed by atoms with Crippen LogP contribution in [0.1, 0.15) is 47.2 Å². The molecule has 6 rings (SSSR count). The van der Waals surface area contributed by atoms with Crippen LogP contribution in [0.5, 0.6) is 0 Å². The predicted molar refractivity (Wildman–Crippen MR) is 150 cm³/mol. The van der Waals surface area contributed by atoms with E-state index in [1.807, 2.05) is 24.5 Å². The molecule has 2 unspecified atom stereocenters. The molecule has 2 nitrogen and oxygen atoms in total. The molecule has 0 radical (unpaired) electrons. The first kappa shape index (κ1) is 21.9. The van der Waals surface area contributed by atoms with Crippen LogP contribution in [0.25, 0.3) is 34.7 Å². The van der Waals surface area contributed by atoms with Crippen molar-refractivity contribution in [1.82, 2.24) is 9.97 Å². The van der Waals surface area contributed by atoms with E-state index in [0.29, 0.717) is 11.1 Å². The highest BCUT2D eigenvalue weighted by atomic mass is 28.3. The van der Waals surface area contributed by atoms with Gasteiger partial charge in [0.25, 0.3) is 0 Å². The van der Waals surface area contributed by atoms with Crippen LogP contribution in [-0.2, 0) is 0 Å². The van der Waals surface area contributed by atoms with Crippen LogP contribution in [-0.4, -0.2) is 18.0 Å². The second-order valence-electron chi connectivity index (χ2n) is 10.5. The van der Waals surface area contributed by atoms with E-state index >= 15 is 0 Å². The molecule has 0 saturated heterocycles. The molecule has 0 spiro atoms. The molecule has 2 heterocycles. The number of nitrogens with zero attached hydrogens (tertiary/aromatic N) is 2. The second kappa shape index (κ2) is 8.28. The summed E-state index contributed by atoms with van der Waals surface area (Å²) in [5.74, 6) is 0. The first-order chi connectivity index (χ1) is 17.0.